The summed E-state index contributed by atoms with van der Waals surface area (Å²) in [5.74, 6) is 0.619. The van der Waals surface area contributed by atoms with Gasteiger partial charge in [-0.05, 0) is 68.1 Å². The minimum Gasteiger partial charge on any atom is -0.487 e. The van der Waals surface area contributed by atoms with E-state index in [1.807, 2.05) is 6.92 Å². The Morgan fingerprint density at radius 3 is 2.45 bits per heavy atom. The normalized spacial score (nSPS) is 23.9. The number of hydrogen-bond acceptors (Lipinski definition) is 5. The molecule has 1 saturated carbocycles. The first-order valence-electron chi connectivity index (χ1n) is 11.6. The van der Waals surface area contributed by atoms with Crippen molar-refractivity contribution in [3.8, 4) is 16.9 Å². The topological polar surface area (TPSA) is 70.1 Å². The van der Waals surface area contributed by atoms with Gasteiger partial charge in [0.15, 0.2) is 0 Å². The van der Waals surface area contributed by atoms with Crippen LogP contribution in [0.15, 0.2) is 47.4 Å². The molecule has 2 aromatic rings. The summed E-state index contributed by atoms with van der Waals surface area (Å²) in [6.45, 7) is 5.40. The summed E-state index contributed by atoms with van der Waals surface area (Å²) in [5.41, 5.74) is 1.53. The van der Waals surface area contributed by atoms with Gasteiger partial charge in [-0.25, -0.2) is 12.8 Å². The summed E-state index contributed by atoms with van der Waals surface area (Å²) in [6, 6.07) is 10.5. The number of rotatable bonds is 7. The van der Waals surface area contributed by atoms with Crippen LogP contribution in [0.4, 0.5) is 4.39 Å². The summed E-state index contributed by atoms with van der Waals surface area (Å²) in [4.78, 5) is 2.36. The highest BCUT2D eigenvalue weighted by molar-refractivity contribution is 7.89. The van der Waals surface area contributed by atoms with E-state index in [2.05, 4.69) is 11.9 Å². The maximum absolute atomic E-state index is 13.6. The van der Waals surface area contributed by atoms with E-state index in [1.165, 1.54) is 29.3 Å². The average molecular weight is 477 g/mol. The van der Waals surface area contributed by atoms with Crippen LogP contribution in [0.3, 0.4) is 0 Å². The lowest BCUT2D eigenvalue weighted by atomic mass is 10.0. The van der Waals surface area contributed by atoms with E-state index in [4.69, 9.17) is 4.74 Å². The van der Waals surface area contributed by atoms with E-state index in [9.17, 15) is 17.9 Å². The number of ether oxygens (including phenoxy) is 1. The van der Waals surface area contributed by atoms with Gasteiger partial charge in [0, 0.05) is 31.6 Å². The summed E-state index contributed by atoms with van der Waals surface area (Å²) in [7, 11) is -1.80. The van der Waals surface area contributed by atoms with Gasteiger partial charge in [0.05, 0.1) is 6.61 Å². The van der Waals surface area contributed by atoms with Crippen LogP contribution in [0.5, 0.6) is 5.75 Å². The molecule has 1 fully saturated rings. The van der Waals surface area contributed by atoms with Crippen LogP contribution < -0.4 is 4.74 Å². The molecule has 180 valence electrons. The van der Waals surface area contributed by atoms with Crippen molar-refractivity contribution in [3.05, 3.63) is 48.3 Å². The lowest BCUT2D eigenvalue weighted by molar-refractivity contribution is 0.0741. The molecule has 33 heavy (non-hydrogen) atoms. The van der Waals surface area contributed by atoms with Gasteiger partial charge in [-0.3, -0.25) is 0 Å². The molecule has 0 unspecified atom stereocenters. The number of nitrogens with zero attached hydrogens (tertiary/aromatic N) is 2. The van der Waals surface area contributed by atoms with E-state index >= 15 is 0 Å². The lowest BCUT2D eigenvalue weighted by Crippen LogP contribution is -2.49. The molecular weight excluding hydrogens is 443 g/mol. The van der Waals surface area contributed by atoms with Crippen molar-refractivity contribution in [2.45, 2.75) is 43.7 Å². The number of halogens is 1. The number of fused-ring (bicyclic) bond motifs is 1. The van der Waals surface area contributed by atoms with Crippen molar-refractivity contribution in [1.82, 2.24) is 9.21 Å². The zero-order chi connectivity index (χ0) is 23.8. The van der Waals surface area contributed by atoms with Gasteiger partial charge < -0.3 is 14.7 Å². The van der Waals surface area contributed by atoms with Crippen LogP contribution in [-0.4, -0.2) is 68.2 Å². The molecule has 2 aliphatic rings. The molecule has 8 heteroatoms. The van der Waals surface area contributed by atoms with Crippen LogP contribution in [0.2, 0.25) is 0 Å². The second-order valence-electron chi connectivity index (χ2n) is 9.57. The molecule has 0 radical (unpaired) electrons. The second-order valence-corrected chi connectivity index (χ2v) is 11.4. The number of sulfonamides is 1. The number of aliphatic hydroxyl groups excluding tert-OH is 1. The molecule has 4 rings (SSSR count). The fourth-order valence-corrected chi connectivity index (χ4v) is 6.21. The Morgan fingerprint density at radius 2 is 1.82 bits per heavy atom. The summed E-state index contributed by atoms with van der Waals surface area (Å²) in [6.07, 6.45) is 2.30. The molecule has 1 aliphatic heterocycles. The molecular formula is C25H33FN2O4S. The summed E-state index contributed by atoms with van der Waals surface area (Å²) < 4.78 is 48.4. The van der Waals surface area contributed by atoms with Gasteiger partial charge in [-0.15, -0.1) is 0 Å². The Hall–Kier alpha value is -2.00. The van der Waals surface area contributed by atoms with Crippen LogP contribution in [-0.2, 0) is 10.0 Å². The van der Waals surface area contributed by atoms with Gasteiger partial charge in [0.2, 0.25) is 10.0 Å². The number of benzene rings is 2. The van der Waals surface area contributed by atoms with Gasteiger partial charge in [-0.1, -0.05) is 25.1 Å². The highest BCUT2D eigenvalue weighted by atomic mass is 32.2. The highest BCUT2D eigenvalue weighted by Gasteiger charge is 2.38. The predicted molar refractivity (Wildman–Crippen MR) is 126 cm³/mol. The Labute approximate surface area is 196 Å². The Bertz CT molecular complexity index is 1070. The number of aliphatic hydroxyl groups is 1. The molecule has 0 saturated heterocycles. The monoisotopic (exact) mass is 476 g/mol. The standard InChI is InChI=1S/C25H33FN2O4S/c1-17-13-28(18(2)16-29)33(30,31)25-11-8-21(20-6-9-22(26)10-7-20)12-23(25)32-24(17)15-27(3)14-19-4-5-19/h6-12,17-19,24,29H,4-5,13-16H2,1-3H3/t17-,18+,24-/m0/s1. The lowest BCUT2D eigenvalue weighted by Gasteiger charge is -2.37. The molecule has 0 amide bonds. The molecule has 0 spiro atoms. The second kappa shape index (κ2) is 9.70. The van der Waals surface area contributed by atoms with Crippen LogP contribution in [0, 0.1) is 17.7 Å². The smallest absolute Gasteiger partial charge is 0.247 e. The van der Waals surface area contributed by atoms with Crippen LogP contribution in [0.1, 0.15) is 26.7 Å². The van der Waals surface area contributed by atoms with Crippen molar-refractivity contribution >= 4 is 10.0 Å². The Balaban J connectivity index is 1.74. The van der Waals surface area contributed by atoms with Gasteiger partial charge in [-0.2, -0.15) is 4.31 Å². The van der Waals surface area contributed by atoms with Gasteiger partial charge >= 0.3 is 0 Å². The van der Waals surface area contributed by atoms with E-state index in [-0.39, 0.29) is 35.9 Å². The van der Waals surface area contributed by atoms with E-state index in [0.717, 1.165) is 23.6 Å². The quantitative estimate of drug-likeness (QED) is 0.661. The Morgan fingerprint density at radius 1 is 1.15 bits per heavy atom. The zero-order valence-electron chi connectivity index (χ0n) is 19.4. The van der Waals surface area contributed by atoms with Crippen molar-refractivity contribution < 1.29 is 22.7 Å². The van der Waals surface area contributed by atoms with Crippen molar-refractivity contribution in [2.24, 2.45) is 11.8 Å². The minimum absolute atomic E-state index is 0.0851. The fraction of sp³-hybridized carbons (Fsp3) is 0.520. The van der Waals surface area contributed by atoms with Gasteiger partial charge in [0.25, 0.3) is 0 Å². The average Bonchev–Trinajstić information content (AvgIpc) is 3.59. The highest BCUT2D eigenvalue weighted by Crippen LogP contribution is 2.37. The third kappa shape index (κ3) is 5.40. The van der Waals surface area contributed by atoms with Crippen molar-refractivity contribution in [2.75, 3.05) is 33.3 Å². The number of likely N-dealkylation sites (N-methyl/N-ethyl adjacent to an activating group) is 1. The van der Waals surface area contributed by atoms with Crippen LogP contribution in [0.25, 0.3) is 11.1 Å². The van der Waals surface area contributed by atoms with Crippen LogP contribution >= 0.6 is 0 Å². The Kier molecular flexibility index (Phi) is 7.09. The van der Waals surface area contributed by atoms with E-state index < -0.39 is 16.1 Å². The molecule has 1 heterocycles. The first-order valence-corrected chi connectivity index (χ1v) is 13.0. The van der Waals surface area contributed by atoms with Gasteiger partial charge in [0.1, 0.15) is 22.6 Å². The first-order chi connectivity index (χ1) is 15.7. The maximum atomic E-state index is 13.6. The first kappa shape index (κ1) is 24.1. The fourth-order valence-electron chi connectivity index (χ4n) is 4.39. The molecule has 2 aromatic carbocycles. The van der Waals surface area contributed by atoms with E-state index in [1.54, 1.807) is 37.3 Å². The van der Waals surface area contributed by atoms with E-state index in [0.29, 0.717) is 12.3 Å². The molecule has 0 bridgehead atoms. The van der Waals surface area contributed by atoms with Crippen molar-refractivity contribution in [3.63, 3.8) is 0 Å². The third-order valence-electron chi connectivity index (χ3n) is 6.60. The molecule has 1 N–H and O–H groups in total. The SMILES string of the molecule is C[C@H](CO)N1C[C@H](C)[C@H](CN(C)CC2CC2)Oc2cc(-c3ccc(F)cc3)ccc2S1(=O)=O. The largest absolute Gasteiger partial charge is 0.487 e. The minimum atomic E-state index is -3.88. The molecule has 0 aromatic heterocycles. The molecule has 1 aliphatic carbocycles. The third-order valence-corrected chi connectivity index (χ3v) is 8.62. The number of hydrogen-bond donors (Lipinski definition) is 1. The summed E-state index contributed by atoms with van der Waals surface area (Å²) in [5, 5.41) is 9.77. The predicted octanol–water partition coefficient (Wildman–Crippen LogP) is 3.60. The zero-order valence-corrected chi connectivity index (χ0v) is 20.3. The maximum Gasteiger partial charge on any atom is 0.247 e. The molecule has 3 atom stereocenters. The van der Waals surface area contributed by atoms with Crippen molar-refractivity contribution in [1.29, 1.82) is 0 Å². The summed E-state index contributed by atoms with van der Waals surface area (Å²) >= 11 is 0. The molecule has 6 nitrogen and oxygen atoms in total.